The van der Waals surface area contributed by atoms with Crippen LogP contribution < -0.4 is 5.73 Å². The molecule has 1 aromatic heterocycles. The largest absolute Gasteiger partial charge is 0.397 e. The number of rotatable bonds is 1. The number of halogens is 1. The zero-order valence-electron chi connectivity index (χ0n) is 11.5. The lowest BCUT2D eigenvalue weighted by molar-refractivity contribution is 0.0749. The maximum atomic E-state index is 12.7. The summed E-state index contributed by atoms with van der Waals surface area (Å²) in [6.45, 7) is 5.09. The van der Waals surface area contributed by atoms with Crippen LogP contribution in [-0.4, -0.2) is 23.4 Å². The lowest BCUT2D eigenvalue weighted by Gasteiger charge is -2.20. The number of carbonyl (C=O) groups is 1. The first kappa shape index (κ1) is 13.7. The van der Waals surface area contributed by atoms with Gasteiger partial charge in [-0.2, -0.15) is 0 Å². The summed E-state index contributed by atoms with van der Waals surface area (Å²) in [5, 5.41) is 1.59. The number of hydrogen-bond acceptors (Lipinski definition) is 3. The van der Waals surface area contributed by atoms with Crippen LogP contribution in [0.25, 0.3) is 10.1 Å². The van der Waals surface area contributed by atoms with Crippen molar-refractivity contribution in [3.05, 3.63) is 28.1 Å². The molecule has 1 aliphatic rings. The molecule has 2 heterocycles. The van der Waals surface area contributed by atoms with E-state index in [1.165, 1.54) is 11.3 Å². The van der Waals surface area contributed by atoms with Gasteiger partial charge in [-0.15, -0.1) is 11.3 Å². The van der Waals surface area contributed by atoms with Crippen molar-refractivity contribution >= 4 is 44.6 Å². The normalized spacial score (nSPS) is 22.6. The van der Waals surface area contributed by atoms with E-state index in [1.807, 2.05) is 23.1 Å². The van der Waals surface area contributed by atoms with Crippen molar-refractivity contribution in [3.63, 3.8) is 0 Å². The standard InChI is InChI=1S/C15H17ClN2OS/c1-8-5-9(2)18(7-8)15(19)14-13(17)11-4-3-10(16)6-12(11)20-14/h3-4,6,8-9H,5,7,17H2,1-2H3. The van der Waals surface area contributed by atoms with Crippen molar-refractivity contribution in [2.24, 2.45) is 5.92 Å². The van der Waals surface area contributed by atoms with Gasteiger partial charge in [-0.1, -0.05) is 18.5 Å². The Balaban J connectivity index is 2.02. The number of amides is 1. The van der Waals surface area contributed by atoms with Gasteiger partial charge in [0.2, 0.25) is 0 Å². The number of carbonyl (C=O) groups excluding carboxylic acids is 1. The summed E-state index contributed by atoms with van der Waals surface area (Å²) in [7, 11) is 0. The molecule has 1 amide bonds. The molecule has 1 aromatic carbocycles. The molecule has 2 unspecified atom stereocenters. The zero-order chi connectivity index (χ0) is 14.4. The van der Waals surface area contributed by atoms with Crippen molar-refractivity contribution in [1.29, 1.82) is 0 Å². The molecule has 2 atom stereocenters. The van der Waals surface area contributed by atoms with Gasteiger partial charge in [0.1, 0.15) is 4.88 Å². The summed E-state index contributed by atoms with van der Waals surface area (Å²) in [6, 6.07) is 5.84. The van der Waals surface area contributed by atoms with E-state index in [0.717, 1.165) is 23.1 Å². The maximum absolute atomic E-state index is 12.7. The molecule has 2 N–H and O–H groups in total. The highest BCUT2D eigenvalue weighted by molar-refractivity contribution is 7.21. The van der Waals surface area contributed by atoms with Gasteiger partial charge in [0, 0.05) is 27.7 Å². The van der Waals surface area contributed by atoms with Gasteiger partial charge < -0.3 is 10.6 Å². The molecule has 3 rings (SSSR count). The molecule has 0 bridgehead atoms. The van der Waals surface area contributed by atoms with Crippen LogP contribution in [0, 0.1) is 5.92 Å². The first-order valence-electron chi connectivity index (χ1n) is 6.76. The average molecular weight is 309 g/mol. The van der Waals surface area contributed by atoms with Gasteiger partial charge in [-0.05, 0) is 37.5 Å². The SMILES string of the molecule is CC1CC(C)N(C(=O)c2sc3cc(Cl)ccc3c2N)C1. The number of benzene rings is 1. The molecule has 3 nitrogen and oxygen atoms in total. The van der Waals surface area contributed by atoms with Gasteiger partial charge in [0.05, 0.1) is 5.69 Å². The number of nitrogens with two attached hydrogens (primary N) is 1. The number of thiophene rings is 1. The minimum atomic E-state index is 0.0525. The first-order valence-corrected chi connectivity index (χ1v) is 7.95. The molecule has 0 radical (unpaired) electrons. The number of fused-ring (bicyclic) bond motifs is 1. The molecule has 0 aliphatic carbocycles. The van der Waals surface area contributed by atoms with Crippen LogP contribution in [0.3, 0.4) is 0 Å². The van der Waals surface area contributed by atoms with Gasteiger partial charge in [-0.25, -0.2) is 0 Å². The third kappa shape index (κ3) is 2.17. The fourth-order valence-corrected chi connectivity index (χ4v) is 4.32. The second kappa shape index (κ2) is 4.93. The molecule has 106 valence electrons. The summed E-state index contributed by atoms with van der Waals surface area (Å²) in [5.41, 5.74) is 6.74. The monoisotopic (exact) mass is 308 g/mol. The lowest BCUT2D eigenvalue weighted by atomic mass is 10.1. The van der Waals surface area contributed by atoms with E-state index in [1.54, 1.807) is 0 Å². The fraction of sp³-hybridized carbons (Fsp3) is 0.400. The number of hydrogen-bond donors (Lipinski definition) is 1. The number of nitrogens with zero attached hydrogens (tertiary/aromatic N) is 1. The Labute approximate surface area is 127 Å². The summed E-state index contributed by atoms with van der Waals surface area (Å²) in [5.74, 6) is 0.607. The van der Waals surface area contributed by atoms with Crippen LogP contribution in [0.2, 0.25) is 5.02 Å². The van der Waals surface area contributed by atoms with E-state index in [-0.39, 0.29) is 11.9 Å². The molecule has 5 heteroatoms. The summed E-state index contributed by atoms with van der Waals surface area (Å²) in [6.07, 6.45) is 1.06. The molecular weight excluding hydrogens is 292 g/mol. The van der Waals surface area contributed by atoms with Gasteiger partial charge in [0.25, 0.3) is 5.91 Å². The molecule has 2 aromatic rings. The van der Waals surface area contributed by atoms with E-state index in [4.69, 9.17) is 17.3 Å². The molecule has 20 heavy (non-hydrogen) atoms. The van der Waals surface area contributed by atoms with E-state index >= 15 is 0 Å². The second-order valence-electron chi connectivity index (χ2n) is 5.63. The predicted molar refractivity (Wildman–Crippen MR) is 85.5 cm³/mol. The number of nitrogen functional groups attached to an aromatic ring is 1. The molecule has 1 aliphatic heterocycles. The zero-order valence-corrected chi connectivity index (χ0v) is 13.1. The molecule has 0 saturated carbocycles. The third-order valence-corrected chi connectivity index (χ3v) is 5.32. The van der Waals surface area contributed by atoms with Crippen molar-refractivity contribution in [2.75, 3.05) is 12.3 Å². The first-order chi connectivity index (χ1) is 9.47. The van der Waals surface area contributed by atoms with Crippen LogP contribution in [0.1, 0.15) is 29.9 Å². The molecule has 1 saturated heterocycles. The Morgan fingerprint density at radius 1 is 1.45 bits per heavy atom. The Bertz CT molecular complexity index is 682. The van der Waals surface area contributed by atoms with Crippen molar-refractivity contribution in [2.45, 2.75) is 26.3 Å². The average Bonchev–Trinajstić information content (AvgIpc) is 2.89. The van der Waals surface area contributed by atoms with E-state index in [0.29, 0.717) is 21.5 Å². The van der Waals surface area contributed by atoms with Crippen LogP contribution in [0.15, 0.2) is 18.2 Å². The molecule has 0 spiro atoms. The van der Waals surface area contributed by atoms with Crippen LogP contribution in [-0.2, 0) is 0 Å². The van der Waals surface area contributed by atoms with E-state index < -0.39 is 0 Å². The van der Waals surface area contributed by atoms with Crippen LogP contribution >= 0.6 is 22.9 Å². The summed E-state index contributed by atoms with van der Waals surface area (Å²) < 4.78 is 0.971. The Morgan fingerprint density at radius 2 is 2.20 bits per heavy atom. The Morgan fingerprint density at radius 3 is 2.85 bits per heavy atom. The van der Waals surface area contributed by atoms with Crippen molar-refractivity contribution in [3.8, 4) is 0 Å². The van der Waals surface area contributed by atoms with Crippen molar-refractivity contribution < 1.29 is 4.79 Å². The smallest absolute Gasteiger partial charge is 0.266 e. The minimum Gasteiger partial charge on any atom is -0.397 e. The van der Waals surface area contributed by atoms with Gasteiger partial charge >= 0.3 is 0 Å². The fourth-order valence-electron chi connectivity index (χ4n) is 2.96. The van der Waals surface area contributed by atoms with Gasteiger partial charge in [-0.3, -0.25) is 4.79 Å². The topological polar surface area (TPSA) is 46.3 Å². The summed E-state index contributed by atoms with van der Waals surface area (Å²) in [4.78, 5) is 15.3. The van der Waals surface area contributed by atoms with Crippen molar-refractivity contribution in [1.82, 2.24) is 4.90 Å². The molecule has 1 fully saturated rings. The number of anilines is 1. The third-order valence-electron chi connectivity index (χ3n) is 3.93. The highest BCUT2D eigenvalue weighted by Gasteiger charge is 2.32. The summed E-state index contributed by atoms with van der Waals surface area (Å²) >= 11 is 7.44. The highest BCUT2D eigenvalue weighted by Crippen LogP contribution is 2.37. The van der Waals surface area contributed by atoms with Gasteiger partial charge in [0.15, 0.2) is 0 Å². The van der Waals surface area contributed by atoms with E-state index in [9.17, 15) is 4.79 Å². The predicted octanol–water partition coefficient (Wildman–Crippen LogP) is 4.01. The Kier molecular flexibility index (Phi) is 3.38. The quantitative estimate of drug-likeness (QED) is 0.865. The number of likely N-dealkylation sites (tertiary alicyclic amines) is 1. The minimum absolute atomic E-state index is 0.0525. The maximum Gasteiger partial charge on any atom is 0.266 e. The highest BCUT2D eigenvalue weighted by atomic mass is 35.5. The molecular formula is C15H17ClN2OS. The van der Waals surface area contributed by atoms with Crippen LogP contribution in [0.4, 0.5) is 5.69 Å². The van der Waals surface area contributed by atoms with Crippen LogP contribution in [0.5, 0.6) is 0 Å². The Hall–Kier alpha value is -1.26. The second-order valence-corrected chi connectivity index (χ2v) is 7.12. The van der Waals surface area contributed by atoms with E-state index in [2.05, 4.69) is 13.8 Å². The lowest BCUT2D eigenvalue weighted by Crippen LogP contribution is -2.33.